The second-order valence-corrected chi connectivity index (χ2v) is 3.75. The molecule has 0 unspecified atom stereocenters. The molecule has 0 spiro atoms. The summed E-state index contributed by atoms with van der Waals surface area (Å²) in [5.74, 6) is -0.294. The van der Waals surface area contributed by atoms with E-state index in [1.165, 1.54) is 12.1 Å². The fourth-order valence-corrected chi connectivity index (χ4v) is 1.50. The lowest BCUT2D eigenvalue weighted by Crippen LogP contribution is -1.98. The Kier molecular flexibility index (Phi) is 11.1. The van der Waals surface area contributed by atoms with Gasteiger partial charge in [-0.05, 0) is 24.6 Å². The van der Waals surface area contributed by atoms with Crippen molar-refractivity contribution in [2.24, 2.45) is 0 Å². The molecule has 1 aliphatic rings. The Hall–Kier alpha value is -0.210. The van der Waals surface area contributed by atoms with Crippen molar-refractivity contribution in [2.45, 2.75) is 20.3 Å². The Morgan fingerprint density at radius 2 is 1.88 bits per heavy atom. The number of hydrogen-bond acceptors (Lipinski definition) is 2. The molecular formula is C11H17ClFO2P. The van der Waals surface area contributed by atoms with Gasteiger partial charge in [0, 0.05) is 5.02 Å². The SMILES string of the molecule is C1COPOC1.CC.Fc1cccc(Cl)c1. The van der Waals surface area contributed by atoms with Crippen LogP contribution in [0.25, 0.3) is 0 Å². The van der Waals surface area contributed by atoms with Crippen LogP contribution in [0, 0.1) is 5.82 Å². The predicted molar refractivity (Wildman–Crippen MR) is 67.6 cm³/mol. The molecule has 16 heavy (non-hydrogen) atoms. The van der Waals surface area contributed by atoms with E-state index < -0.39 is 0 Å². The van der Waals surface area contributed by atoms with Crippen LogP contribution in [0.3, 0.4) is 0 Å². The van der Waals surface area contributed by atoms with E-state index in [0.29, 0.717) is 14.1 Å². The average Bonchev–Trinajstić information content (AvgIpc) is 2.34. The Morgan fingerprint density at radius 1 is 1.25 bits per heavy atom. The van der Waals surface area contributed by atoms with Gasteiger partial charge in [-0.2, -0.15) is 0 Å². The minimum absolute atomic E-state index is 0.294. The minimum atomic E-state index is -0.294. The standard InChI is InChI=1S/C6H4ClF.C3H7O2P.C2H6/c7-5-2-1-3-6(8)4-5;1-2-4-6-5-3-1;1-2/h1-4H;6H,1-3H2;1-2H3. The Morgan fingerprint density at radius 3 is 2.12 bits per heavy atom. The van der Waals surface area contributed by atoms with E-state index in [9.17, 15) is 4.39 Å². The van der Waals surface area contributed by atoms with Gasteiger partial charge in [-0.25, -0.2) is 4.39 Å². The summed E-state index contributed by atoms with van der Waals surface area (Å²) in [6.45, 7) is 5.77. The third-order valence-electron chi connectivity index (χ3n) is 1.40. The molecule has 0 N–H and O–H groups in total. The molecule has 0 aliphatic carbocycles. The molecule has 0 aromatic heterocycles. The van der Waals surface area contributed by atoms with Crippen LogP contribution >= 0.6 is 20.6 Å². The summed E-state index contributed by atoms with van der Waals surface area (Å²) in [5.41, 5.74) is 0. The quantitative estimate of drug-likeness (QED) is 0.647. The van der Waals surface area contributed by atoms with Crippen molar-refractivity contribution >= 4 is 20.6 Å². The van der Waals surface area contributed by atoms with Crippen LogP contribution in [0.5, 0.6) is 0 Å². The summed E-state index contributed by atoms with van der Waals surface area (Å²) in [6, 6.07) is 5.82. The maximum atomic E-state index is 12.1. The Labute approximate surface area is 103 Å². The van der Waals surface area contributed by atoms with Gasteiger partial charge in [0.2, 0.25) is 0 Å². The zero-order valence-electron chi connectivity index (χ0n) is 9.50. The average molecular weight is 267 g/mol. The van der Waals surface area contributed by atoms with E-state index in [2.05, 4.69) is 0 Å². The first-order valence-corrected chi connectivity index (χ1v) is 6.38. The molecule has 2 rings (SSSR count). The fourth-order valence-electron chi connectivity index (χ4n) is 0.788. The highest BCUT2D eigenvalue weighted by molar-refractivity contribution is 7.26. The van der Waals surface area contributed by atoms with Crippen LogP contribution in [-0.2, 0) is 9.05 Å². The van der Waals surface area contributed by atoms with Gasteiger partial charge in [-0.15, -0.1) is 0 Å². The van der Waals surface area contributed by atoms with Gasteiger partial charge in [0.1, 0.15) is 5.82 Å². The van der Waals surface area contributed by atoms with Crippen LogP contribution in [0.2, 0.25) is 5.02 Å². The topological polar surface area (TPSA) is 18.5 Å². The van der Waals surface area contributed by atoms with Crippen molar-refractivity contribution < 1.29 is 13.4 Å². The van der Waals surface area contributed by atoms with Gasteiger partial charge in [0.15, 0.2) is 9.03 Å². The van der Waals surface area contributed by atoms with Gasteiger partial charge in [-0.3, -0.25) is 0 Å². The van der Waals surface area contributed by atoms with Crippen LogP contribution in [-0.4, -0.2) is 13.2 Å². The molecule has 1 aromatic carbocycles. The number of benzene rings is 1. The van der Waals surface area contributed by atoms with Gasteiger partial charge in [0.05, 0.1) is 13.2 Å². The number of hydrogen-bond donors (Lipinski definition) is 0. The molecule has 1 saturated heterocycles. The molecule has 0 bridgehead atoms. The number of halogens is 2. The van der Waals surface area contributed by atoms with Crippen molar-refractivity contribution in [2.75, 3.05) is 13.2 Å². The van der Waals surface area contributed by atoms with Gasteiger partial charge >= 0.3 is 0 Å². The molecule has 5 heteroatoms. The second kappa shape index (κ2) is 11.3. The molecule has 1 fully saturated rings. The second-order valence-electron chi connectivity index (χ2n) is 2.57. The summed E-state index contributed by atoms with van der Waals surface area (Å²) in [6.07, 6.45) is 1.06. The minimum Gasteiger partial charge on any atom is -0.336 e. The zero-order chi connectivity index (χ0) is 12.2. The zero-order valence-corrected chi connectivity index (χ0v) is 11.3. The van der Waals surface area contributed by atoms with Crippen LogP contribution < -0.4 is 0 Å². The number of rotatable bonds is 0. The first-order chi connectivity index (χ1) is 7.79. The van der Waals surface area contributed by atoms with E-state index in [0.717, 1.165) is 19.6 Å². The van der Waals surface area contributed by atoms with Crippen LogP contribution in [0.15, 0.2) is 24.3 Å². The van der Waals surface area contributed by atoms with Crippen molar-refractivity contribution in [3.8, 4) is 0 Å². The highest BCUT2D eigenvalue weighted by atomic mass is 35.5. The molecule has 0 amide bonds. The van der Waals surface area contributed by atoms with Crippen molar-refractivity contribution in [1.29, 1.82) is 0 Å². The molecule has 1 aliphatic heterocycles. The van der Waals surface area contributed by atoms with Gasteiger partial charge in [-0.1, -0.05) is 31.5 Å². The van der Waals surface area contributed by atoms with Gasteiger partial charge in [0.25, 0.3) is 0 Å². The summed E-state index contributed by atoms with van der Waals surface area (Å²) in [5, 5.41) is 0.435. The lowest BCUT2D eigenvalue weighted by atomic mass is 10.4. The van der Waals surface area contributed by atoms with E-state index in [4.69, 9.17) is 20.6 Å². The molecule has 1 heterocycles. The summed E-state index contributed by atoms with van der Waals surface area (Å²) >= 11 is 5.40. The smallest absolute Gasteiger partial charge is 0.155 e. The fraction of sp³-hybridized carbons (Fsp3) is 0.455. The van der Waals surface area contributed by atoms with Crippen LogP contribution in [0.4, 0.5) is 4.39 Å². The summed E-state index contributed by atoms with van der Waals surface area (Å²) in [7, 11) is 0.302. The third kappa shape index (κ3) is 9.05. The predicted octanol–water partition coefficient (Wildman–Crippen LogP) is 4.44. The molecule has 0 saturated carbocycles. The highest BCUT2D eigenvalue weighted by Crippen LogP contribution is 2.18. The van der Waals surface area contributed by atoms with Crippen molar-refractivity contribution in [3.63, 3.8) is 0 Å². The summed E-state index contributed by atoms with van der Waals surface area (Å²) in [4.78, 5) is 0. The van der Waals surface area contributed by atoms with Crippen molar-refractivity contribution in [3.05, 3.63) is 35.1 Å². The molecule has 1 aromatic rings. The van der Waals surface area contributed by atoms with E-state index >= 15 is 0 Å². The molecular weight excluding hydrogens is 250 g/mol. The maximum absolute atomic E-state index is 12.1. The van der Waals surface area contributed by atoms with Crippen molar-refractivity contribution in [1.82, 2.24) is 0 Å². The highest BCUT2D eigenvalue weighted by Gasteiger charge is 1.95. The largest absolute Gasteiger partial charge is 0.336 e. The molecule has 0 radical (unpaired) electrons. The Bertz CT molecular complexity index is 241. The van der Waals surface area contributed by atoms with E-state index in [1.807, 2.05) is 13.8 Å². The monoisotopic (exact) mass is 266 g/mol. The van der Waals surface area contributed by atoms with Gasteiger partial charge < -0.3 is 9.05 Å². The molecule has 92 valence electrons. The van der Waals surface area contributed by atoms with Crippen LogP contribution in [0.1, 0.15) is 20.3 Å². The molecule has 0 atom stereocenters. The normalized spacial score (nSPS) is 14.0. The lowest BCUT2D eigenvalue weighted by Gasteiger charge is -2.08. The Balaban J connectivity index is 0.000000251. The first-order valence-electron chi connectivity index (χ1n) is 5.18. The van der Waals surface area contributed by atoms with E-state index in [-0.39, 0.29) is 5.82 Å². The maximum Gasteiger partial charge on any atom is 0.155 e. The summed E-state index contributed by atoms with van der Waals surface area (Å²) < 4.78 is 21.8. The first kappa shape index (κ1) is 15.8. The molecule has 2 nitrogen and oxygen atoms in total. The lowest BCUT2D eigenvalue weighted by molar-refractivity contribution is 0.197. The third-order valence-corrected chi connectivity index (χ3v) is 2.28. The van der Waals surface area contributed by atoms with E-state index in [1.54, 1.807) is 12.1 Å².